The second-order valence-electron chi connectivity index (χ2n) is 6.37. The maximum Gasteiger partial charge on any atom is 0.255 e. The smallest absolute Gasteiger partial charge is 0.255 e. The number of hydrogen-bond donors (Lipinski definition) is 1. The summed E-state index contributed by atoms with van der Waals surface area (Å²) >= 11 is 0. The van der Waals surface area contributed by atoms with E-state index in [1.165, 1.54) is 25.7 Å². The zero-order valence-corrected chi connectivity index (χ0v) is 13.4. The van der Waals surface area contributed by atoms with E-state index in [9.17, 15) is 4.79 Å². The lowest BCUT2D eigenvalue weighted by atomic mass is 10.2. The standard InChI is InChI=1S/C17H26N4O/c1-20(15-8-9-18-13-15)17(22)14-6-7-16(19-12-14)21-10-4-2-3-5-11-21/h6-7,12,15,18H,2-5,8-11,13H2,1H3. The molecule has 2 aliphatic heterocycles. The fourth-order valence-corrected chi connectivity index (χ4v) is 3.34. The lowest BCUT2D eigenvalue weighted by molar-refractivity contribution is 0.0743. The van der Waals surface area contributed by atoms with Gasteiger partial charge in [0.1, 0.15) is 5.82 Å². The zero-order chi connectivity index (χ0) is 15.4. The van der Waals surface area contributed by atoms with Crippen molar-refractivity contribution < 1.29 is 4.79 Å². The first-order valence-corrected chi connectivity index (χ1v) is 8.44. The molecule has 1 amide bonds. The molecule has 1 N–H and O–H groups in total. The molecule has 120 valence electrons. The number of pyridine rings is 1. The van der Waals surface area contributed by atoms with Crippen LogP contribution in [-0.2, 0) is 0 Å². The Hall–Kier alpha value is -1.62. The Balaban J connectivity index is 1.66. The molecule has 0 radical (unpaired) electrons. The van der Waals surface area contributed by atoms with Crippen molar-refractivity contribution in [2.75, 3.05) is 38.1 Å². The molecule has 3 heterocycles. The highest BCUT2D eigenvalue weighted by Crippen LogP contribution is 2.18. The van der Waals surface area contributed by atoms with Gasteiger partial charge in [-0.1, -0.05) is 12.8 Å². The molecule has 5 heteroatoms. The van der Waals surface area contributed by atoms with Gasteiger partial charge in [0.05, 0.1) is 5.56 Å². The molecule has 1 aromatic heterocycles. The first-order valence-electron chi connectivity index (χ1n) is 8.44. The van der Waals surface area contributed by atoms with Crippen LogP contribution in [0.5, 0.6) is 0 Å². The van der Waals surface area contributed by atoms with E-state index in [1.807, 2.05) is 24.1 Å². The Morgan fingerprint density at radius 2 is 2.05 bits per heavy atom. The first kappa shape index (κ1) is 15.3. The molecule has 1 atom stereocenters. The second kappa shape index (κ2) is 7.09. The fraction of sp³-hybridized carbons (Fsp3) is 0.647. The van der Waals surface area contributed by atoms with Gasteiger partial charge < -0.3 is 15.1 Å². The third-order valence-electron chi connectivity index (χ3n) is 4.83. The average Bonchev–Trinajstić information content (AvgIpc) is 2.96. The maximum atomic E-state index is 12.5. The number of rotatable bonds is 3. The Morgan fingerprint density at radius 1 is 1.27 bits per heavy atom. The van der Waals surface area contributed by atoms with E-state index in [0.29, 0.717) is 11.6 Å². The number of carbonyl (C=O) groups excluding carboxylic acids is 1. The molecule has 0 aromatic carbocycles. The van der Waals surface area contributed by atoms with Crippen LogP contribution in [0.4, 0.5) is 5.82 Å². The van der Waals surface area contributed by atoms with Crippen LogP contribution < -0.4 is 10.2 Å². The van der Waals surface area contributed by atoms with E-state index in [2.05, 4.69) is 15.2 Å². The average molecular weight is 302 g/mol. The van der Waals surface area contributed by atoms with Crippen molar-refractivity contribution in [1.82, 2.24) is 15.2 Å². The Kier molecular flexibility index (Phi) is 4.93. The summed E-state index contributed by atoms with van der Waals surface area (Å²) in [6, 6.07) is 4.23. The monoisotopic (exact) mass is 302 g/mol. The summed E-state index contributed by atoms with van der Waals surface area (Å²) in [6.45, 7) is 4.04. The maximum absolute atomic E-state index is 12.5. The molecule has 3 rings (SSSR count). The highest BCUT2D eigenvalue weighted by Gasteiger charge is 2.24. The van der Waals surface area contributed by atoms with Crippen molar-refractivity contribution in [2.24, 2.45) is 0 Å². The quantitative estimate of drug-likeness (QED) is 0.926. The number of amides is 1. The molecule has 1 unspecified atom stereocenters. The van der Waals surface area contributed by atoms with Crippen LogP contribution >= 0.6 is 0 Å². The van der Waals surface area contributed by atoms with Gasteiger partial charge in [-0.25, -0.2) is 4.98 Å². The fourth-order valence-electron chi connectivity index (χ4n) is 3.34. The number of hydrogen-bond acceptors (Lipinski definition) is 4. The van der Waals surface area contributed by atoms with Crippen molar-refractivity contribution in [3.8, 4) is 0 Å². The molecule has 0 saturated carbocycles. The van der Waals surface area contributed by atoms with E-state index in [-0.39, 0.29) is 5.91 Å². The van der Waals surface area contributed by atoms with Crippen LogP contribution in [-0.4, -0.2) is 55.1 Å². The molecule has 22 heavy (non-hydrogen) atoms. The van der Waals surface area contributed by atoms with E-state index >= 15 is 0 Å². The molecule has 0 spiro atoms. The van der Waals surface area contributed by atoms with Gasteiger partial charge in [0, 0.05) is 38.9 Å². The van der Waals surface area contributed by atoms with E-state index in [1.54, 1.807) is 6.20 Å². The minimum atomic E-state index is 0.0728. The summed E-state index contributed by atoms with van der Waals surface area (Å²) in [4.78, 5) is 21.2. The second-order valence-corrected chi connectivity index (χ2v) is 6.37. The number of aromatic nitrogens is 1. The topological polar surface area (TPSA) is 48.5 Å². The van der Waals surface area contributed by atoms with E-state index in [0.717, 1.165) is 38.4 Å². The summed E-state index contributed by atoms with van der Waals surface area (Å²) in [5.41, 5.74) is 0.688. The SMILES string of the molecule is CN(C(=O)c1ccc(N2CCCCCC2)nc1)C1CCNC1. The summed E-state index contributed by atoms with van der Waals surface area (Å²) in [6.07, 6.45) is 7.86. The van der Waals surface area contributed by atoms with Gasteiger partial charge >= 0.3 is 0 Å². The zero-order valence-electron chi connectivity index (χ0n) is 13.4. The van der Waals surface area contributed by atoms with E-state index in [4.69, 9.17) is 0 Å². The van der Waals surface area contributed by atoms with Gasteiger partial charge in [0.2, 0.25) is 0 Å². The molecule has 5 nitrogen and oxygen atoms in total. The molecule has 1 aromatic rings. The van der Waals surface area contributed by atoms with Gasteiger partial charge in [-0.15, -0.1) is 0 Å². The van der Waals surface area contributed by atoms with Crippen LogP contribution in [0.2, 0.25) is 0 Å². The van der Waals surface area contributed by atoms with E-state index < -0.39 is 0 Å². The minimum Gasteiger partial charge on any atom is -0.357 e. The number of likely N-dealkylation sites (N-methyl/N-ethyl adjacent to an activating group) is 1. The number of carbonyl (C=O) groups is 1. The van der Waals surface area contributed by atoms with Crippen molar-refractivity contribution in [2.45, 2.75) is 38.1 Å². The highest BCUT2D eigenvalue weighted by molar-refractivity contribution is 5.94. The molecule has 2 fully saturated rings. The lowest BCUT2D eigenvalue weighted by Gasteiger charge is -2.24. The van der Waals surface area contributed by atoms with Crippen molar-refractivity contribution in [3.05, 3.63) is 23.9 Å². The molecule has 0 bridgehead atoms. The molecular formula is C17H26N4O. The molecule has 0 aliphatic carbocycles. The third kappa shape index (κ3) is 3.40. The normalized spacial score (nSPS) is 22.4. The Bertz CT molecular complexity index is 488. The van der Waals surface area contributed by atoms with Crippen molar-refractivity contribution >= 4 is 11.7 Å². The minimum absolute atomic E-state index is 0.0728. The van der Waals surface area contributed by atoms with Gasteiger partial charge in [0.25, 0.3) is 5.91 Å². The van der Waals surface area contributed by atoms with Crippen LogP contribution in [0.15, 0.2) is 18.3 Å². The van der Waals surface area contributed by atoms with Crippen LogP contribution in [0.3, 0.4) is 0 Å². The number of nitrogens with zero attached hydrogens (tertiary/aromatic N) is 3. The van der Waals surface area contributed by atoms with Crippen molar-refractivity contribution in [1.29, 1.82) is 0 Å². The van der Waals surface area contributed by atoms with Gasteiger partial charge in [0.15, 0.2) is 0 Å². The summed E-state index contributed by atoms with van der Waals surface area (Å²) < 4.78 is 0. The summed E-state index contributed by atoms with van der Waals surface area (Å²) in [7, 11) is 1.89. The van der Waals surface area contributed by atoms with Crippen LogP contribution in [0.1, 0.15) is 42.5 Å². The summed E-state index contributed by atoms with van der Waals surface area (Å²) in [5, 5.41) is 3.30. The molecular weight excluding hydrogens is 276 g/mol. The van der Waals surface area contributed by atoms with Crippen LogP contribution in [0.25, 0.3) is 0 Å². The van der Waals surface area contributed by atoms with Gasteiger partial charge in [-0.05, 0) is 37.9 Å². The summed E-state index contributed by atoms with van der Waals surface area (Å²) in [5.74, 6) is 1.08. The molecule has 2 saturated heterocycles. The van der Waals surface area contributed by atoms with Crippen molar-refractivity contribution in [3.63, 3.8) is 0 Å². The van der Waals surface area contributed by atoms with Gasteiger partial charge in [-0.2, -0.15) is 0 Å². The number of anilines is 1. The Morgan fingerprint density at radius 3 is 2.64 bits per heavy atom. The molecule has 2 aliphatic rings. The first-order chi connectivity index (χ1) is 10.8. The lowest BCUT2D eigenvalue weighted by Crippen LogP contribution is -2.38. The predicted molar refractivity (Wildman–Crippen MR) is 88.3 cm³/mol. The van der Waals surface area contributed by atoms with Gasteiger partial charge in [-0.3, -0.25) is 4.79 Å². The highest BCUT2D eigenvalue weighted by atomic mass is 16.2. The third-order valence-corrected chi connectivity index (χ3v) is 4.83. The number of nitrogens with one attached hydrogen (secondary N) is 1. The largest absolute Gasteiger partial charge is 0.357 e. The predicted octanol–water partition coefficient (Wildman–Crippen LogP) is 1.90. The Labute approximate surface area is 132 Å². The van der Waals surface area contributed by atoms with Crippen LogP contribution in [0, 0.1) is 0 Å².